The molecule has 10 rings (SSSR count). The molecular formula is C42H26N4OS. The third kappa shape index (κ3) is 4.34. The molecule has 4 heterocycles. The van der Waals surface area contributed by atoms with Crippen molar-refractivity contribution < 1.29 is 4.42 Å². The molecule has 1 unspecified atom stereocenters. The van der Waals surface area contributed by atoms with Gasteiger partial charge in [-0.25, -0.2) is 9.98 Å². The van der Waals surface area contributed by atoms with Crippen LogP contribution in [0.3, 0.4) is 0 Å². The van der Waals surface area contributed by atoms with Crippen molar-refractivity contribution >= 4 is 75.9 Å². The Hall–Kier alpha value is -6.11. The summed E-state index contributed by atoms with van der Waals surface area (Å²) in [4.78, 5) is 15.2. The number of rotatable bonds is 4. The van der Waals surface area contributed by atoms with Crippen molar-refractivity contribution in [3.63, 3.8) is 0 Å². The Kier molecular flexibility index (Phi) is 6.04. The summed E-state index contributed by atoms with van der Waals surface area (Å²) in [5.41, 5.74) is 6.56. The Bertz CT molecular complexity index is 2780. The van der Waals surface area contributed by atoms with E-state index in [9.17, 15) is 0 Å². The maximum atomic E-state index is 6.54. The number of nitrogens with zero attached hydrogens (tertiary/aromatic N) is 3. The molecule has 0 aliphatic carbocycles. The molecule has 6 heteroatoms. The van der Waals surface area contributed by atoms with Gasteiger partial charge < -0.3 is 9.73 Å². The lowest BCUT2D eigenvalue weighted by molar-refractivity contribution is 0.667. The first kappa shape index (κ1) is 27.0. The summed E-state index contributed by atoms with van der Waals surface area (Å²) in [6.07, 6.45) is 1.62. The van der Waals surface area contributed by atoms with Gasteiger partial charge in [0.2, 0.25) is 0 Å². The normalized spacial score (nSPS) is 14.9. The van der Waals surface area contributed by atoms with Crippen molar-refractivity contribution in [2.24, 2.45) is 9.98 Å². The van der Waals surface area contributed by atoms with Crippen molar-refractivity contribution in [2.45, 2.75) is 6.17 Å². The monoisotopic (exact) mass is 634 g/mol. The van der Waals surface area contributed by atoms with Crippen LogP contribution >= 0.6 is 11.3 Å². The molecule has 6 aromatic carbocycles. The van der Waals surface area contributed by atoms with Crippen LogP contribution in [0, 0.1) is 0 Å². The second kappa shape index (κ2) is 10.7. The number of nitrogens with one attached hydrogen (secondary N) is 1. The summed E-state index contributed by atoms with van der Waals surface area (Å²) in [5, 5.41) is 10.5. The zero-order chi connectivity index (χ0) is 31.6. The van der Waals surface area contributed by atoms with Crippen molar-refractivity contribution in [3.05, 3.63) is 162 Å². The molecule has 1 aliphatic rings. The number of aliphatic imine (C=N–C) groups is 2. The number of furan rings is 1. The van der Waals surface area contributed by atoms with E-state index in [1.54, 1.807) is 11.3 Å². The summed E-state index contributed by atoms with van der Waals surface area (Å²) < 4.78 is 9.04. The van der Waals surface area contributed by atoms with Crippen LogP contribution in [0.5, 0.6) is 0 Å². The summed E-state index contributed by atoms with van der Waals surface area (Å²) >= 11 is 1.81. The number of amidine groups is 2. The Labute approximate surface area is 279 Å². The van der Waals surface area contributed by atoms with E-state index in [1.165, 1.54) is 30.9 Å². The largest absolute Gasteiger partial charge is 0.456 e. The highest BCUT2D eigenvalue weighted by Crippen LogP contribution is 2.41. The quantitative estimate of drug-likeness (QED) is 0.210. The number of benzene rings is 6. The number of hydrogen-bond donors (Lipinski definition) is 1. The Morgan fingerprint density at radius 3 is 2.35 bits per heavy atom. The molecule has 0 bridgehead atoms. The van der Waals surface area contributed by atoms with Gasteiger partial charge >= 0.3 is 0 Å². The molecule has 0 spiro atoms. The Balaban J connectivity index is 1.11. The highest BCUT2D eigenvalue weighted by Gasteiger charge is 2.24. The predicted molar refractivity (Wildman–Crippen MR) is 199 cm³/mol. The summed E-state index contributed by atoms with van der Waals surface area (Å²) in [6, 6.07) is 48.3. The zero-order valence-corrected chi connectivity index (χ0v) is 26.4. The lowest BCUT2D eigenvalue weighted by Crippen LogP contribution is -2.33. The fourth-order valence-corrected chi connectivity index (χ4v) is 8.09. The number of aromatic nitrogens is 1. The van der Waals surface area contributed by atoms with Gasteiger partial charge in [0.15, 0.2) is 5.84 Å². The number of thiophene rings is 1. The van der Waals surface area contributed by atoms with E-state index in [0.29, 0.717) is 5.84 Å². The van der Waals surface area contributed by atoms with Gasteiger partial charge in [0.05, 0.1) is 5.69 Å². The highest BCUT2D eigenvalue weighted by molar-refractivity contribution is 7.26. The fraction of sp³-hybridized carbons (Fsp3) is 0.0238. The minimum Gasteiger partial charge on any atom is -0.456 e. The maximum absolute atomic E-state index is 6.54. The van der Waals surface area contributed by atoms with E-state index in [2.05, 4.69) is 115 Å². The van der Waals surface area contributed by atoms with E-state index in [1.807, 2.05) is 36.5 Å². The van der Waals surface area contributed by atoms with Crippen molar-refractivity contribution in [3.8, 4) is 11.3 Å². The molecule has 0 amide bonds. The molecule has 226 valence electrons. The molecule has 0 saturated carbocycles. The zero-order valence-electron chi connectivity index (χ0n) is 25.6. The molecule has 0 radical (unpaired) electrons. The van der Waals surface area contributed by atoms with Crippen LogP contribution in [0.1, 0.15) is 22.9 Å². The van der Waals surface area contributed by atoms with E-state index in [4.69, 9.17) is 19.4 Å². The van der Waals surface area contributed by atoms with Gasteiger partial charge in [0.25, 0.3) is 0 Å². The minimum atomic E-state index is -0.322. The van der Waals surface area contributed by atoms with Gasteiger partial charge in [-0.1, -0.05) is 115 Å². The molecule has 9 aromatic rings. The topological polar surface area (TPSA) is 62.8 Å². The van der Waals surface area contributed by atoms with Crippen LogP contribution < -0.4 is 5.32 Å². The van der Waals surface area contributed by atoms with Crippen LogP contribution in [0.25, 0.3) is 64.1 Å². The molecule has 1 atom stereocenters. The van der Waals surface area contributed by atoms with Crippen molar-refractivity contribution in [1.82, 2.24) is 10.3 Å². The van der Waals surface area contributed by atoms with Gasteiger partial charge in [-0.2, -0.15) is 0 Å². The van der Waals surface area contributed by atoms with Crippen LogP contribution in [-0.4, -0.2) is 16.7 Å². The molecule has 3 aromatic heterocycles. The smallest absolute Gasteiger partial charge is 0.159 e. The van der Waals surface area contributed by atoms with Crippen LogP contribution in [0.15, 0.2) is 160 Å². The van der Waals surface area contributed by atoms with Crippen LogP contribution in [0.2, 0.25) is 0 Å². The second-order valence-corrected chi connectivity index (χ2v) is 13.1. The van der Waals surface area contributed by atoms with Crippen molar-refractivity contribution in [1.29, 1.82) is 0 Å². The molecule has 1 aliphatic heterocycles. The lowest BCUT2D eigenvalue weighted by atomic mass is 10.0. The third-order valence-electron chi connectivity index (χ3n) is 9.18. The van der Waals surface area contributed by atoms with E-state index in [-0.39, 0.29) is 6.17 Å². The summed E-state index contributed by atoms with van der Waals surface area (Å²) in [6.45, 7) is 0. The fourth-order valence-electron chi connectivity index (χ4n) is 6.87. The molecule has 48 heavy (non-hydrogen) atoms. The average molecular weight is 635 g/mol. The first-order valence-electron chi connectivity index (χ1n) is 16.0. The first-order valence-corrected chi connectivity index (χ1v) is 16.8. The van der Waals surface area contributed by atoms with Gasteiger partial charge in [-0.05, 0) is 34.5 Å². The van der Waals surface area contributed by atoms with Gasteiger partial charge in [0.1, 0.15) is 23.2 Å². The number of pyridine rings is 1. The predicted octanol–water partition coefficient (Wildman–Crippen LogP) is 10.7. The molecule has 1 N–H and O–H groups in total. The number of hydrogen-bond acceptors (Lipinski definition) is 6. The molecule has 0 fully saturated rings. The van der Waals surface area contributed by atoms with E-state index in [0.717, 1.165) is 55.7 Å². The molecular weight excluding hydrogens is 609 g/mol. The SMILES string of the molecule is c1ccc(C2=NC(c3ccc4ccccc4c3)NC(c3cccc4oc5cc(-c6cccc7c6sc6ccccc67)ncc5c34)=N2)cc1. The Morgan fingerprint density at radius 2 is 1.42 bits per heavy atom. The Morgan fingerprint density at radius 1 is 0.625 bits per heavy atom. The van der Waals surface area contributed by atoms with Gasteiger partial charge in [-0.3, -0.25) is 4.98 Å². The van der Waals surface area contributed by atoms with Crippen LogP contribution in [0.4, 0.5) is 0 Å². The van der Waals surface area contributed by atoms with Gasteiger partial charge in [-0.15, -0.1) is 11.3 Å². The maximum Gasteiger partial charge on any atom is 0.159 e. The second-order valence-electron chi connectivity index (χ2n) is 12.1. The van der Waals surface area contributed by atoms with Gasteiger partial charge in [0, 0.05) is 59.9 Å². The molecule has 5 nitrogen and oxygen atoms in total. The lowest BCUT2D eigenvalue weighted by Gasteiger charge is -2.24. The van der Waals surface area contributed by atoms with Crippen molar-refractivity contribution in [2.75, 3.05) is 0 Å². The summed E-state index contributed by atoms with van der Waals surface area (Å²) in [7, 11) is 0. The third-order valence-corrected chi connectivity index (χ3v) is 10.4. The highest BCUT2D eigenvalue weighted by atomic mass is 32.1. The standard InChI is InChI=1S/C42H26N4OS/c1-2-11-26(12-3-1)40-44-41(28-21-20-25-10-4-5-13-27(25)22-28)46-42(45-40)32-17-9-18-35-38(32)33-24-43-34(23-36(33)47-35)31-16-8-15-30-29-14-6-7-19-37(29)48-39(30)31/h1-24,41H,(H,44,45,46). The van der Waals surface area contributed by atoms with E-state index >= 15 is 0 Å². The minimum absolute atomic E-state index is 0.322. The van der Waals surface area contributed by atoms with Crippen LogP contribution in [-0.2, 0) is 0 Å². The van der Waals surface area contributed by atoms with E-state index < -0.39 is 0 Å². The first-order chi connectivity index (χ1) is 23.8. The summed E-state index contributed by atoms with van der Waals surface area (Å²) in [5.74, 6) is 1.43. The average Bonchev–Trinajstić information content (AvgIpc) is 3.73. The number of fused-ring (bicyclic) bond motifs is 7. The molecule has 0 saturated heterocycles.